The van der Waals surface area contributed by atoms with Crippen molar-refractivity contribution in [3.63, 3.8) is 0 Å². The van der Waals surface area contributed by atoms with Crippen LogP contribution in [0, 0.1) is 0 Å². The molecule has 0 fully saturated rings. The summed E-state index contributed by atoms with van der Waals surface area (Å²) in [5.74, 6) is 0.0109. The van der Waals surface area contributed by atoms with Gasteiger partial charge in [0.2, 0.25) is 5.91 Å². The predicted octanol–water partition coefficient (Wildman–Crippen LogP) is 2.42. The minimum absolute atomic E-state index is 0.125. The van der Waals surface area contributed by atoms with Crippen LogP contribution in [0.2, 0.25) is 0 Å². The van der Waals surface area contributed by atoms with Gasteiger partial charge in [0.05, 0.1) is 6.61 Å². The van der Waals surface area contributed by atoms with E-state index < -0.39 is 0 Å². The van der Waals surface area contributed by atoms with Crippen LogP contribution in [-0.2, 0) is 14.3 Å². The maximum Gasteiger partial charge on any atom is 0.305 e. The van der Waals surface area contributed by atoms with Gasteiger partial charge in [0, 0.05) is 19.4 Å². The number of hydrogen-bond donors (Lipinski definition) is 1. The van der Waals surface area contributed by atoms with Crippen molar-refractivity contribution in [2.24, 2.45) is 0 Å². The molecule has 1 N–H and O–H groups in total. The molecule has 0 rings (SSSR count). The molecule has 1 amide bonds. The second kappa shape index (κ2) is 11.4. The summed E-state index contributed by atoms with van der Waals surface area (Å²) in [7, 11) is 0. The lowest BCUT2D eigenvalue weighted by atomic mass is 10.2. The van der Waals surface area contributed by atoms with Crippen molar-refractivity contribution in [1.82, 2.24) is 5.32 Å². The van der Waals surface area contributed by atoms with E-state index in [1.807, 2.05) is 6.92 Å². The third kappa shape index (κ3) is 11.2. The van der Waals surface area contributed by atoms with Gasteiger partial charge >= 0.3 is 5.97 Å². The fourth-order valence-corrected chi connectivity index (χ4v) is 1.46. The SMILES string of the molecule is CCCCC(=O)NCCCCCC(=O)OCC. The molecule has 0 aliphatic heterocycles. The van der Waals surface area contributed by atoms with Crippen LogP contribution >= 0.6 is 0 Å². The van der Waals surface area contributed by atoms with Crippen LogP contribution in [0.25, 0.3) is 0 Å². The van der Waals surface area contributed by atoms with Gasteiger partial charge in [-0.25, -0.2) is 0 Å². The van der Waals surface area contributed by atoms with E-state index in [0.29, 0.717) is 26.0 Å². The zero-order valence-electron chi connectivity index (χ0n) is 11.1. The number of ether oxygens (including phenoxy) is 1. The highest BCUT2D eigenvalue weighted by molar-refractivity contribution is 5.75. The second-order valence-corrected chi connectivity index (χ2v) is 4.07. The topological polar surface area (TPSA) is 55.4 Å². The van der Waals surface area contributed by atoms with Gasteiger partial charge < -0.3 is 10.1 Å². The summed E-state index contributed by atoms with van der Waals surface area (Å²) in [6.07, 6.45) is 5.83. The van der Waals surface area contributed by atoms with Gasteiger partial charge in [0.15, 0.2) is 0 Å². The lowest BCUT2D eigenvalue weighted by Crippen LogP contribution is -2.23. The Labute approximate surface area is 104 Å². The van der Waals surface area contributed by atoms with E-state index in [1.165, 1.54) is 0 Å². The van der Waals surface area contributed by atoms with Crippen molar-refractivity contribution in [3.8, 4) is 0 Å². The van der Waals surface area contributed by atoms with Crippen LogP contribution in [0.3, 0.4) is 0 Å². The molecule has 0 spiro atoms. The van der Waals surface area contributed by atoms with Gasteiger partial charge in [-0.2, -0.15) is 0 Å². The minimum atomic E-state index is -0.125. The summed E-state index contributed by atoms with van der Waals surface area (Å²) in [6.45, 7) is 5.05. The normalized spacial score (nSPS) is 10.0. The Kier molecular flexibility index (Phi) is 10.7. The van der Waals surface area contributed by atoms with E-state index in [2.05, 4.69) is 12.2 Å². The van der Waals surface area contributed by atoms with Crippen molar-refractivity contribution in [2.75, 3.05) is 13.2 Å². The minimum Gasteiger partial charge on any atom is -0.466 e. The van der Waals surface area contributed by atoms with E-state index in [1.54, 1.807) is 0 Å². The molecule has 100 valence electrons. The molecule has 17 heavy (non-hydrogen) atoms. The van der Waals surface area contributed by atoms with Crippen molar-refractivity contribution in [1.29, 1.82) is 0 Å². The fraction of sp³-hybridized carbons (Fsp3) is 0.846. The second-order valence-electron chi connectivity index (χ2n) is 4.07. The lowest BCUT2D eigenvalue weighted by molar-refractivity contribution is -0.143. The van der Waals surface area contributed by atoms with Crippen LogP contribution in [0.15, 0.2) is 0 Å². The smallest absolute Gasteiger partial charge is 0.305 e. The first-order chi connectivity index (χ1) is 8.20. The first-order valence-electron chi connectivity index (χ1n) is 6.63. The summed E-state index contributed by atoms with van der Waals surface area (Å²) < 4.78 is 4.82. The monoisotopic (exact) mass is 243 g/mol. The number of esters is 1. The first-order valence-corrected chi connectivity index (χ1v) is 6.63. The van der Waals surface area contributed by atoms with Crippen LogP contribution < -0.4 is 5.32 Å². The fourth-order valence-electron chi connectivity index (χ4n) is 1.46. The van der Waals surface area contributed by atoms with Crippen LogP contribution in [0.1, 0.15) is 58.8 Å². The molecule has 4 nitrogen and oxygen atoms in total. The molecule has 0 aliphatic rings. The molecule has 0 aliphatic carbocycles. The molecule has 0 saturated heterocycles. The summed E-state index contributed by atoms with van der Waals surface area (Å²) in [5.41, 5.74) is 0. The van der Waals surface area contributed by atoms with Gasteiger partial charge in [-0.05, 0) is 26.2 Å². The molecule has 0 bridgehead atoms. The molecule has 0 radical (unpaired) electrons. The van der Waals surface area contributed by atoms with Gasteiger partial charge in [0.1, 0.15) is 0 Å². The van der Waals surface area contributed by atoms with E-state index in [0.717, 1.165) is 32.1 Å². The Morgan fingerprint density at radius 3 is 2.41 bits per heavy atom. The number of carbonyl (C=O) groups excluding carboxylic acids is 2. The van der Waals surface area contributed by atoms with Crippen molar-refractivity contribution >= 4 is 11.9 Å². The third-order valence-corrected chi connectivity index (χ3v) is 2.44. The molecule has 0 atom stereocenters. The third-order valence-electron chi connectivity index (χ3n) is 2.44. The predicted molar refractivity (Wildman–Crippen MR) is 67.6 cm³/mol. The quantitative estimate of drug-likeness (QED) is 0.473. The average molecular weight is 243 g/mol. The van der Waals surface area contributed by atoms with Gasteiger partial charge in [-0.1, -0.05) is 19.8 Å². The van der Waals surface area contributed by atoms with Gasteiger partial charge in [-0.3, -0.25) is 9.59 Å². The molecule has 0 aromatic carbocycles. The molecule has 0 aromatic rings. The molecular weight excluding hydrogens is 218 g/mol. The Balaban J connectivity index is 3.23. The number of hydrogen-bond acceptors (Lipinski definition) is 3. The molecule has 0 unspecified atom stereocenters. The Bertz CT molecular complexity index is 217. The average Bonchev–Trinajstić information content (AvgIpc) is 2.31. The zero-order valence-corrected chi connectivity index (χ0v) is 11.1. The van der Waals surface area contributed by atoms with Crippen LogP contribution in [-0.4, -0.2) is 25.0 Å². The van der Waals surface area contributed by atoms with Crippen LogP contribution in [0.4, 0.5) is 0 Å². The van der Waals surface area contributed by atoms with E-state index in [9.17, 15) is 9.59 Å². The zero-order chi connectivity index (χ0) is 12.9. The Hall–Kier alpha value is -1.06. The number of carbonyl (C=O) groups is 2. The Morgan fingerprint density at radius 2 is 1.76 bits per heavy atom. The van der Waals surface area contributed by atoms with Crippen molar-refractivity contribution in [3.05, 3.63) is 0 Å². The molecule has 0 saturated carbocycles. The number of unbranched alkanes of at least 4 members (excludes halogenated alkanes) is 3. The number of amides is 1. The largest absolute Gasteiger partial charge is 0.466 e. The van der Waals surface area contributed by atoms with Crippen molar-refractivity contribution < 1.29 is 14.3 Å². The van der Waals surface area contributed by atoms with Gasteiger partial charge in [-0.15, -0.1) is 0 Å². The van der Waals surface area contributed by atoms with E-state index >= 15 is 0 Å². The maximum absolute atomic E-state index is 11.2. The van der Waals surface area contributed by atoms with Crippen LogP contribution in [0.5, 0.6) is 0 Å². The highest BCUT2D eigenvalue weighted by Crippen LogP contribution is 2.01. The van der Waals surface area contributed by atoms with E-state index in [-0.39, 0.29) is 11.9 Å². The summed E-state index contributed by atoms with van der Waals surface area (Å²) in [5, 5.41) is 2.88. The Morgan fingerprint density at radius 1 is 1.00 bits per heavy atom. The number of nitrogens with one attached hydrogen (secondary N) is 1. The molecule has 0 heterocycles. The summed E-state index contributed by atoms with van der Waals surface area (Å²) in [6, 6.07) is 0. The highest BCUT2D eigenvalue weighted by atomic mass is 16.5. The number of rotatable bonds is 10. The van der Waals surface area contributed by atoms with Gasteiger partial charge in [0.25, 0.3) is 0 Å². The van der Waals surface area contributed by atoms with Crippen molar-refractivity contribution in [2.45, 2.75) is 58.8 Å². The molecule has 0 aromatic heterocycles. The molecular formula is C13H25NO3. The summed E-state index contributed by atoms with van der Waals surface area (Å²) in [4.78, 5) is 22.3. The molecule has 4 heteroatoms. The lowest BCUT2D eigenvalue weighted by Gasteiger charge is -2.04. The van der Waals surface area contributed by atoms with E-state index in [4.69, 9.17) is 4.74 Å². The maximum atomic E-state index is 11.2. The highest BCUT2D eigenvalue weighted by Gasteiger charge is 2.01. The summed E-state index contributed by atoms with van der Waals surface area (Å²) >= 11 is 0. The standard InChI is InChI=1S/C13H25NO3/c1-3-5-9-12(15)14-11-8-6-7-10-13(16)17-4-2/h3-11H2,1-2H3,(H,14,15). The first kappa shape index (κ1) is 15.9.